The smallest absolute Gasteiger partial charge is 0.173 e. The molecule has 4 nitrogen and oxygen atoms in total. The van der Waals surface area contributed by atoms with Gasteiger partial charge in [0.1, 0.15) is 0 Å². The van der Waals surface area contributed by atoms with Gasteiger partial charge in [0.2, 0.25) is 0 Å². The van der Waals surface area contributed by atoms with E-state index in [9.17, 15) is 0 Å². The van der Waals surface area contributed by atoms with Crippen molar-refractivity contribution in [2.24, 2.45) is 10.9 Å². The second-order valence-corrected chi connectivity index (χ2v) is 5.18. The maximum atomic E-state index is 8.91. The molecule has 0 radical (unpaired) electrons. The highest BCUT2D eigenvalue weighted by Crippen LogP contribution is 2.26. The lowest BCUT2D eigenvalue weighted by molar-refractivity contribution is 0.318. The minimum atomic E-state index is 0.0159. The maximum Gasteiger partial charge on any atom is 0.173 e. The summed E-state index contributed by atoms with van der Waals surface area (Å²) in [6.07, 6.45) is 0.902. The van der Waals surface area contributed by atoms with Crippen molar-refractivity contribution in [1.82, 2.24) is 0 Å². The molecule has 0 aliphatic carbocycles. The fourth-order valence-corrected chi connectivity index (χ4v) is 2.46. The summed E-state index contributed by atoms with van der Waals surface area (Å²) >= 11 is 6.17. The van der Waals surface area contributed by atoms with Gasteiger partial charge >= 0.3 is 0 Å². The van der Waals surface area contributed by atoms with Crippen LogP contribution in [0.4, 0.5) is 5.69 Å². The molecule has 21 heavy (non-hydrogen) atoms. The van der Waals surface area contributed by atoms with Crippen molar-refractivity contribution in [2.75, 3.05) is 18.5 Å². The van der Waals surface area contributed by atoms with E-state index >= 15 is 0 Å². The third kappa shape index (κ3) is 3.67. The number of anilines is 1. The first kappa shape index (κ1) is 15.2. The monoisotopic (exact) mass is 303 g/mol. The molecular formula is C16H18ClN3O. The fraction of sp³-hybridized carbons (Fsp3) is 0.188. The summed E-state index contributed by atoms with van der Waals surface area (Å²) in [5.74, 6) is 0.0159. The highest BCUT2D eigenvalue weighted by atomic mass is 35.5. The van der Waals surface area contributed by atoms with Gasteiger partial charge in [-0.1, -0.05) is 53.2 Å². The number of oxime groups is 1. The largest absolute Gasteiger partial charge is 0.409 e. The molecule has 0 spiro atoms. The molecule has 0 saturated carbocycles. The average Bonchev–Trinajstić information content (AvgIpc) is 2.52. The van der Waals surface area contributed by atoms with E-state index in [1.54, 1.807) is 6.07 Å². The SMILES string of the molecule is CN(CCc1ccccc1)c1cccc(Cl)c1C(N)=NO. The van der Waals surface area contributed by atoms with Crippen LogP contribution in [0.1, 0.15) is 11.1 Å². The molecule has 2 aromatic rings. The summed E-state index contributed by atoms with van der Waals surface area (Å²) in [6.45, 7) is 0.802. The Hall–Kier alpha value is -2.20. The first-order valence-corrected chi connectivity index (χ1v) is 7.02. The summed E-state index contributed by atoms with van der Waals surface area (Å²) in [6, 6.07) is 15.7. The molecule has 2 aromatic carbocycles. The van der Waals surface area contributed by atoms with Gasteiger partial charge in [-0.3, -0.25) is 0 Å². The van der Waals surface area contributed by atoms with Crippen molar-refractivity contribution in [3.8, 4) is 0 Å². The van der Waals surface area contributed by atoms with Gasteiger partial charge in [0.15, 0.2) is 5.84 Å². The van der Waals surface area contributed by atoms with E-state index in [1.165, 1.54) is 5.56 Å². The highest BCUT2D eigenvalue weighted by molar-refractivity contribution is 6.34. The molecule has 110 valence electrons. The number of hydrogen-bond acceptors (Lipinski definition) is 3. The molecule has 0 amide bonds. The Bertz CT molecular complexity index is 629. The van der Waals surface area contributed by atoms with Gasteiger partial charge < -0.3 is 15.8 Å². The zero-order chi connectivity index (χ0) is 15.2. The molecule has 0 fully saturated rings. The van der Waals surface area contributed by atoms with Crippen LogP contribution in [-0.2, 0) is 6.42 Å². The van der Waals surface area contributed by atoms with Crippen molar-refractivity contribution in [3.05, 3.63) is 64.7 Å². The lowest BCUT2D eigenvalue weighted by atomic mass is 10.1. The van der Waals surface area contributed by atoms with Crippen LogP contribution in [-0.4, -0.2) is 24.6 Å². The van der Waals surface area contributed by atoms with Crippen molar-refractivity contribution in [2.45, 2.75) is 6.42 Å². The number of rotatable bonds is 5. The minimum absolute atomic E-state index is 0.0159. The number of benzene rings is 2. The van der Waals surface area contributed by atoms with Crippen LogP contribution in [0.25, 0.3) is 0 Å². The Morgan fingerprint density at radius 3 is 2.57 bits per heavy atom. The van der Waals surface area contributed by atoms with Crippen molar-refractivity contribution >= 4 is 23.1 Å². The van der Waals surface area contributed by atoms with E-state index in [4.69, 9.17) is 22.5 Å². The number of halogens is 1. The summed E-state index contributed by atoms with van der Waals surface area (Å²) in [4.78, 5) is 2.05. The normalized spacial score (nSPS) is 11.4. The predicted octanol–water partition coefficient (Wildman–Crippen LogP) is 3.11. The van der Waals surface area contributed by atoms with Crippen LogP contribution in [0.3, 0.4) is 0 Å². The Balaban J connectivity index is 2.19. The van der Waals surface area contributed by atoms with Gasteiger partial charge in [-0.25, -0.2) is 0 Å². The highest BCUT2D eigenvalue weighted by Gasteiger charge is 2.14. The van der Waals surface area contributed by atoms with Gasteiger partial charge in [0.25, 0.3) is 0 Å². The van der Waals surface area contributed by atoms with Gasteiger partial charge in [0.05, 0.1) is 10.6 Å². The molecule has 0 atom stereocenters. The minimum Gasteiger partial charge on any atom is -0.409 e. The molecule has 0 aromatic heterocycles. The second kappa shape index (κ2) is 6.99. The fourth-order valence-electron chi connectivity index (χ4n) is 2.20. The molecule has 0 unspecified atom stereocenters. The Labute approximate surface area is 129 Å². The number of hydrogen-bond donors (Lipinski definition) is 2. The van der Waals surface area contributed by atoms with Gasteiger partial charge in [-0.05, 0) is 24.1 Å². The number of nitrogens with two attached hydrogens (primary N) is 1. The van der Waals surface area contributed by atoms with Crippen molar-refractivity contribution in [1.29, 1.82) is 0 Å². The zero-order valence-electron chi connectivity index (χ0n) is 11.8. The summed E-state index contributed by atoms with van der Waals surface area (Å²) in [5.41, 5.74) is 8.39. The zero-order valence-corrected chi connectivity index (χ0v) is 12.6. The summed E-state index contributed by atoms with van der Waals surface area (Å²) in [5, 5.41) is 12.4. The number of amidine groups is 1. The topological polar surface area (TPSA) is 61.8 Å². The Kier molecular flexibility index (Phi) is 5.06. The van der Waals surface area contributed by atoms with E-state index < -0.39 is 0 Å². The van der Waals surface area contributed by atoms with Gasteiger partial charge in [-0.2, -0.15) is 0 Å². The second-order valence-electron chi connectivity index (χ2n) is 4.78. The van der Waals surface area contributed by atoms with E-state index in [0.29, 0.717) is 10.6 Å². The summed E-state index contributed by atoms with van der Waals surface area (Å²) < 4.78 is 0. The first-order valence-electron chi connectivity index (χ1n) is 6.65. The number of nitrogens with zero attached hydrogens (tertiary/aromatic N) is 2. The molecule has 0 aliphatic heterocycles. The molecule has 0 bridgehead atoms. The van der Waals surface area contributed by atoms with E-state index in [-0.39, 0.29) is 5.84 Å². The maximum absolute atomic E-state index is 8.91. The molecular weight excluding hydrogens is 286 g/mol. The third-order valence-electron chi connectivity index (χ3n) is 3.35. The Morgan fingerprint density at radius 1 is 1.19 bits per heavy atom. The van der Waals surface area contributed by atoms with Crippen LogP contribution in [0, 0.1) is 0 Å². The lowest BCUT2D eigenvalue weighted by Gasteiger charge is -2.22. The van der Waals surface area contributed by atoms with Crippen LogP contribution in [0.2, 0.25) is 5.02 Å². The quantitative estimate of drug-likeness (QED) is 0.386. The average molecular weight is 304 g/mol. The van der Waals surface area contributed by atoms with Gasteiger partial charge in [0, 0.05) is 19.3 Å². The molecule has 3 N–H and O–H groups in total. The molecule has 0 heterocycles. The number of likely N-dealkylation sites (N-methyl/N-ethyl adjacent to an activating group) is 1. The van der Waals surface area contributed by atoms with Crippen LogP contribution >= 0.6 is 11.6 Å². The van der Waals surface area contributed by atoms with Crippen LogP contribution in [0.15, 0.2) is 53.7 Å². The first-order chi connectivity index (χ1) is 10.1. The molecule has 5 heteroatoms. The third-order valence-corrected chi connectivity index (χ3v) is 3.66. The standard InChI is InChI=1S/C16H18ClN3O/c1-20(11-10-12-6-3-2-4-7-12)14-9-5-8-13(17)15(14)16(18)19-21/h2-9,21H,10-11H2,1H3,(H2,18,19). The summed E-state index contributed by atoms with van der Waals surface area (Å²) in [7, 11) is 1.96. The lowest BCUT2D eigenvalue weighted by Crippen LogP contribution is -2.25. The van der Waals surface area contributed by atoms with E-state index in [2.05, 4.69) is 17.3 Å². The van der Waals surface area contributed by atoms with E-state index in [0.717, 1.165) is 18.7 Å². The molecule has 0 aliphatic rings. The molecule has 2 rings (SSSR count). The molecule has 0 saturated heterocycles. The van der Waals surface area contributed by atoms with Crippen LogP contribution in [0.5, 0.6) is 0 Å². The predicted molar refractivity (Wildman–Crippen MR) is 87.4 cm³/mol. The van der Waals surface area contributed by atoms with Crippen molar-refractivity contribution < 1.29 is 5.21 Å². The van der Waals surface area contributed by atoms with Gasteiger partial charge in [-0.15, -0.1) is 0 Å². The van der Waals surface area contributed by atoms with E-state index in [1.807, 2.05) is 42.3 Å². The van der Waals surface area contributed by atoms with Crippen LogP contribution < -0.4 is 10.6 Å². The van der Waals surface area contributed by atoms with Crippen molar-refractivity contribution in [3.63, 3.8) is 0 Å². The Morgan fingerprint density at radius 2 is 1.90 bits per heavy atom.